The van der Waals surface area contributed by atoms with Crippen molar-refractivity contribution in [2.24, 2.45) is 0 Å². The van der Waals surface area contributed by atoms with Crippen molar-refractivity contribution in [1.29, 1.82) is 0 Å². The van der Waals surface area contributed by atoms with Crippen LogP contribution in [0.1, 0.15) is 0 Å². The van der Waals surface area contributed by atoms with Crippen LogP contribution in [0.5, 0.6) is 0 Å². The highest BCUT2D eigenvalue weighted by Crippen LogP contribution is 2.42. The number of benzene rings is 4. The number of rotatable bonds is 1. The van der Waals surface area contributed by atoms with Gasteiger partial charge in [0.25, 0.3) is 0 Å². The van der Waals surface area contributed by atoms with Gasteiger partial charge in [0.05, 0.1) is 9.86 Å². The Bertz CT molecular complexity index is 1480. The van der Waals surface area contributed by atoms with Crippen molar-refractivity contribution in [2.75, 3.05) is 0 Å². The molecular weight excluding hydrogens is 402 g/mol. The molecular formula is C23H12BrNO2. The quantitative estimate of drug-likeness (QED) is 0.283. The first kappa shape index (κ1) is 15.0. The second-order valence-corrected chi connectivity index (χ2v) is 7.41. The van der Waals surface area contributed by atoms with Crippen LogP contribution in [-0.2, 0) is 0 Å². The SMILES string of the molecule is Brc1cc2ccccc2c2c1oc1ccc3nc(-c4ccccc4)oc3c12. The minimum Gasteiger partial charge on any atom is -0.455 e. The molecule has 0 saturated heterocycles. The van der Waals surface area contributed by atoms with Crippen LogP contribution in [0.4, 0.5) is 0 Å². The average Bonchev–Trinajstić information content (AvgIpc) is 3.30. The lowest BCUT2D eigenvalue weighted by atomic mass is 10.0. The molecule has 6 aromatic rings. The molecule has 0 aliphatic rings. The highest BCUT2D eigenvalue weighted by Gasteiger charge is 2.19. The number of hydrogen-bond acceptors (Lipinski definition) is 3. The van der Waals surface area contributed by atoms with Gasteiger partial charge in [-0.3, -0.25) is 0 Å². The normalized spacial score (nSPS) is 11.9. The fourth-order valence-electron chi connectivity index (χ4n) is 3.75. The Balaban J connectivity index is 1.81. The van der Waals surface area contributed by atoms with Gasteiger partial charge in [-0.2, -0.15) is 0 Å². The molecule has 0 amide bonds. The van der Waals surface area contributed by atoms with Gasteiger partial charge in [0, 0.05) is 10.9 Å². The third kappa shape index (κ3) is 2.10. The number of aromatic nitrogens is 1. The highest BCUT2D eigenvalue weighted by molar-refractivity contribution is 9.10. The Labute approximate surface area is 162 Å². The molecule has 128 valence electrons. The average molecular weight is 414 g/mol. The Morgan fingerprint density at radius 2 is 1.56 bits per heavy atom. The molecule has 2 aromatic heterocycles. The molecule has 0 N–H and O–H groups in total. The van der Waals surface area contributed by atoms with Gasteiger partial charge >= 0.3 is 0 Å². The number of furan rings is 1. The number of nitrogens with zero attached hydrogens (tertiary/aromatic N) is 1. The molecule has 0 aliphatic carbocycles. The molecule has 0 saturated carbocycles. The van der Waals surface area contributed by atoms with Gasteiger partial charge in [-0.05, 0) is 57.0 Å². The van der Waals surface area contributed by atoms with Gasteiger partial charge < -0.3 is 8.83 Å². The smallest absolute Gasteiger partial charge is 0.227 e. The van der Waals surface area contributed by atoms with E-state index in [1.807, 2.05) is 54.6 Å². The summed E-state index contributed by atoms with van der Waals surface area (Å²) >= 11 is 3.66. The Morgan fingerprint density at radius 1 is 0.741 bits per heavy atom. The predicted molar refractivity (Wildman–Crippen MR) is 112 cm³/mol. The maximum Gasteiger partial charge on any atom is 0.227 e. The van der Waals surface area contributed by atoms with Crippen molar-refractivity contribution < 1.29 is 8.83 Å². The van der Waals surface area contributed by atoms with Gasteiger partial charge in [0.15, 0.2) is 5.58 Å². The van der Waals surface area contributed by atoms with E-state index < -0.39 is 0 Å². The first-order valence-electron chi connectivity index (χ1n) is 8.68. The van der Waals surface area contributed by atoms with E-state index in [1.165, 1.54) is 0 Å². The van der Waals surface area contributed by atoms with E-state index in [0.29, 0.717) is 5.89 Å². The van der Waals surface area contributed by atoms with Crippen molar-refractivity contribution in [2.45, 2.75) is 0 Å². The maximum atomic E-state index is 6.24. The largest absolute Gasteiger partial charge is 0.455 e. The van der Waals surface area contributed by atoms with E-state index in [2.05, 4.69) is 34.1 Å². The highest BCUT2D eigenvalue weighted by atomic mass is 79.9. The van der Waals surface area contributed by atoms with Gasteiger partial charge in [-0.25, -0.2) is 4.98 Å². The van der Waals surface area contributed by atoms with E-state index in [9.17, 15) is 0 Å². The summed E-state index contributed by atoms with van der Waals surface area (Å²) in [5, 5.41) is 4.31. The predicted octanol–water partition coefficient (Wildman–Crippen LogP) is 7.31. The summed E-state index contributed by atoms with van der Waals surface area (Å²) < 4.78 is 13.3. The summed E-state index contributed by atoms with van der Waals surface area (Å²) in [6.07, 6.45) is 0. The first-order valence-corrected chi connectivity index (χ1v) is 9.47. The van der Waals surface area contributed by atoms with Gasteiger partial charge in [-0.1, -0.05) is 42.5 Å². The van der Waals surface area contributed by atoms with Gasteiger partial charge in [-0.15, -0.1) is 0 Å². The second kappa shape index (κ2) is 5.44. The standard InChI is InChI=1S/C23H12BrNO2/c24-16-12-14-8-4-5-9-15(14)19-20-18(26-21(16)19)11-10-17-22(20)27-23(25-17)13-6-2-1-3-7-13/h1-12H. The van der Waals surface area contributed by atoms with E-state index in [4.69, 9.17) is 13.8 Å². The van der Waals surface area contributed by atoms with E-state index in [-0.39, 0.29) is 0 Å². The molecule has 0 bridgehead atoms. The molecule has 4 heteroatoms. The van der Waals surface area contributed by atoms with Gasteiger partial charge in [0.1, 0.15) is 16.7 Å². The summed E-state index contributed by atoms with van der Waals surface area (Å²) in [4.78, 5) is 4.70. The molecule has 0 radical (unpaired) electrons. The number of halogens is 1. The third-order valence-corrected chi connectivity index (χ3v) is 5.55. The van der Waals surface area contributed by atoms with Crippen molar-refractivity contribution in [3.63, 3.8) is 0 Å². The zero-order valence-electron chi connectivity index (χ0n) is 14.1. The summed E-state index contributed by atoms with van der Waals surface area (Å²) in [7, 11) is 0. The van der Waals surface area contributed by atoms with Crippen molar-refractivity contribution >= 4 is 59.7 Å². The van der Waals surface area contributed by atoms with Crippen molar-refractivity contribution in [1.82, 2.24) is 4.98 Å². The lowest BCUT2D eigenvalue weighted by Crippen LogP contribution is -1.76. The van der Waals surface area contributed by atoms with Crippen LogP contribution in [0.2, 0.25) is 0 Å². The van der Waals surface area contributed by atoms with Crippen LogP contribution in [0.3, 0.4) is 0 Å². The number of fused-ring (bicyclic) bond motifs is 7. The Hall–Kier alpha value is -3.11. The zero-order valence-corrected chi connectivity index (χ0v) is 15.7. The topological polar surface area (TPSA) is 39.2 Å². The molecule has 27 heavy (non-hydrogen) atoms. The summed E-state index contributed by atoms with van der Waals surface area (Å²) in [6.45, 7) is 0. The lowest BCUT2D eigenvalue weighted by Gasteiger charge is -2.01. The number of oxazole rings is 1. The first-order chi connectivity index (χ1) is 13.3. The monoisotopic (exact) mass is 413 g/mol. The fourth-order valence-corrected chi connectivity index (χ4v) is 4.28. The van der Waals surface area contributed by atoms with Crippen LogP contribution in [-0.4, -0.2) is 4.98 Å². The summed E-state index contributed by atoms with van der Waals surface area (Å²) in [6, 6.07) is 24.3. The summed E-state index contributed by atoms with van der Waals surface area (Å²) in [5.74, 6) is 0.617. The molecule has 4 aromatic carbocycles. The Kier molecular flexibility index (Phi) is 3.02. The summed E-state index contributed by atoms with van der Waals surface area (Å²) in [5.41, 5.74) is 4.17. The maximum absolute atomic E-state index is 6.24. The molecule has 0 fully saturated rings. The molecule has 2 heterocycles. The van der Waals surface area contributed by atoms with Crippen LogP contribution >= 0.6 is 15.9 Å². The van der Waals surface area contributed by atoms with Crippen LogP contribution in [0.15, 0.2) is 86.1 Å². The van der Waals surface area contributed by atoms with Crippen LogP contribution in [0, 0.1) is 0 Å². The minimum atomic E-state index is 0.617. The molecule has 6 rings (SSSR count). The molecule has 0 spiro atoms. The molecule has 3 nitrogen and oxygen atoms in total. The van der Waals surface area contributed by atoms with E-state index >= 15 is 0 Å². The van der Waals surface area contributed by atoms with E-state index in [0.717, 1.165) is 53.8 Å². The fraction of sp³-hybridized carbons (Fsp3) is 0. The van der Waals surface area contributed by atoms with Crippen LogP contribution in [0.25, 0.3) is 55.3 Å². The zero-order chi connectivity index (χ0) is 18.0. The molecule has 0 atom stereocenters. The third-order valence-electron chi connectivity index (χ3n) is 4.96. The van der Waals surface area contributed by atoms with Crippen molar-refractivity contribution in [3.8, 4) is 11.5 Å². The molecule has 0 unspecified atom stereocenters. The number of hydrogen-bond donors (Lipinski definition) is 0. The minimum absolute atomic E-state index is 0.617. The Morgan fingerprint density at radius 3 is 2.44 bits per heavy atom. The van der Waals surface area contributed by atoms with Gasteiger partial charge in [0.2, 0.25) is 5.89 Å². The lowest BCUT2D eigenvalue weighted by molar-refractivity contribution is 0.622. The second-order valence-electron chi connectivity index (χ2n) is 6.56. The van der Waals surface area contributed by atoms with E-state index in [1.54, 1.807) is 0 Å². The van der Waals surface area contributed by atoms with Crippen molar-refractivity contribution in [3.05, 3.63) is 77.3 Å². The van der Waals surface area contributed by atoms with Crippen LogP contribution < -0.4 is 0 Å². The molecule has 0 aliphatic heterocycles.